The van der Waals surface area contributed by atoms with Crippen LogP contribution in [0.3, 0.4) is 0 Å². The summed E-state index contributed by atoms with van der Waals surface area (Å²) >= 11 is 0. The van der Waals surface area contributed by atoms with Gasteiger partial charge < -0.3 is 19.7 Å². The van der Waals surface area contributed by atoms with Gasteiger partial charge in [-0.25, -0.2) is 0 Å². The Hall–Kier alpha value is -1.18. The molecular formula is C19H34O4. The van der Waals surface area contributed by atoms with E-state index < -0.39 is 6.29 Å². The molecule has 0 aromatic carbocycles. The number of hydrogen-bond donors (Lipinski definition) is 2. The first kappa shape index (κ1) is 21.8. The highest BCUT2D eigenvalue weighted by Crippen LogP contribution is 2.11. The van der Waals surface area contributed by atoms with Crippen molar-refractivity contribution in [1.82, 2.24) is 0 Å². The molecule has 4 nitrogen and oxygen atoms in total. The van der Waals surface area contributed by atoms with Crippen molar-refractivity contribution < 1.29 is 19.7 Å². The fourth-order valence-corrected chi connectivity index (χ4v) is 2.24. The van der Waals surface area contributed by atoms with E-state index >= 15 is 0 Å². The van der Waals surface area contributed by atoms with Crippen molar-refractivity contribution in [1.29, 1.82) is 0 Å². The van der Waals surface area contributed by atoms with Gasteiger partial charge in [0.1, 0.15) is 12.5 Å². The first-order chi connectivity index (χ1) is 11.3. The largest absolute Gasteiger partial charge is 0.512 e. The molecular weight excluding hydrogens is 292 g/mol. The van der Waals surface area contributed by atoms with Gasteiger partial charge in [-0.1, -0.05) is 70.6 Å². The lowest BCUT2D eigenvalue weighted by Gasteiger charge is -2.09. The van der Waals surface area contributed by atoms with Crippen molar-refractivity contribution in [3.8, 4) is 11.8 Å². The molecule has 0 saturated heterocycles. The first-order valence-electron chi connectivity index (χ1n) is 9.00. The fourth-order valence-electron chi connectivity index (χ4n) is 2.24. The van der Waals surface area contributed by atoms with Crippen molar-refractivity contribution in [2.45, 2.75) is 83.8 Å². The lowest BCUT2D eigenvalue weighted by atomic mass is 10.1. The van der Waals surface area contributed by atoms with Gasteiger partial charge in [0.05, 0.1) is 13.2 Å². The summed E-state index contributed by atoms with van der Waals surface area (Å²) in [6, 6.07) is 0. The lowest BCUT2D eigenvalue weighted by molar-refractivity contribution is -0.0758. The van der Waals surface area contributed by atoms with E-state index in [4.69, 9.17) is 19.7 Å². The molecule has 0 aliphatic carbocycles. The molecule has 0 aliphatic rings. The van der Waals surface area contributed by atoms with Crippen LogP contribution in [-0.2, 0) is 9.47 Å². The maximum atomic E-state index is 8.72. The van der Waals surface area contributed by atoms with Crippen LogP contribution in [0.2, 0.25) is 0 Å². The molecule has 4 heteroatoms. The highest BCUT2D eigenvalue weighted by Gasteiger charge is 2.02. The molecule has 0 saturated carbocycles. The van der Waals surface area contributed by atoms with Gasteiger partial charge in [-0.2, -0.15) is 0 Å². The van der Waals surface area contributed by atoms with Crippen LogP contribution in [0, 0.1) is 11.8 Å². The summed E-state index contributed by atoms with van der Waals surface area (Å²) in [4.78, 5) is 0. The van der Waals surface area contributed by atoms with Crippen molar-refractivity contribution in [2.24, 2.45) is 0 Å². The average molecular weight is 326 g/mol. The third-order valence-electron chi connectivity index (χ3n) is 3.50. The summed E-state index contributed by atoms with van der Waals surface area (Å²) in [6.07, 6.45) is 15.1. The number of hydrogen-bond acceptors (Lipinski definition) is 4. The highest BCUT2D eigenvalue weighted by atomic mass is 16.7. The molecule has 134 valence electrons. The number of unbranched alkanes of at least 4 members (excludes halogenated alkanes) is 10. The van der Waals surface area contributed by atoms with Crippen molar-refractivity contribution in [3.63, 3.8) is 0 Å². The van der Waals surface area contributed by atoms with E-state index in [1.165, 1.54) is 57.8 Å². The maximum absolute atomic E-state index is 8.72. The fraction of sp³-hybridized carbons (Fsp3) is 0.789. The molecule has 0 rings (SSSR count). The molecule has 1 atom stereocenters. The van der Waals surface area contributed by atoms with Crippen LogP contribution in [0.4, 0.5) is 0 Å². The summed E-state index contributed by atoms with van der Waals surface area (Å²) in [5.74, 6) is 5.88. The molecule has 1 unspecified atom stereocenters. The number of rotatable bonds is 15. The standard InChI is InChI=1S/C19H34O4/c1-2-3-4-5-6-7-8-9-10-11-12-13-14-19(22-17-15-20)23-18-16-21/h15,17,19-21H,2-12,16,18H2,1H3. The van der Waals surface area contributed by atoms with Gasteiger partial charge in [-0.05, 0) is 12.3 Å². The zero-order valence-corrected chi connectivity index (χ0v) is 14.6. The molecule has 0 heterocycles. The summed E-state index contributed by atoms with van der Waals surface area (Å²) < 4.78 is 10.2. The minimum Gasteiger partial charge on any atom is -0.512 e. The maximum Gasteiger partial charge on any atom is 0.264 e. The summed E-state index contributed by atoms with van der Waals surface area (Å²) in [7, 11) is 0. The van der Waals surface area contributed by atoms with E-state index in [1.807, 2.05) is 0 Å². The third-order valence-corrected chi connectivity index (χ3v) is 3.50. The monoisotopic (exact) mass is 326 g/mol. The van der Waals surface area contributed by atoms with Gasteiger partial charge in [0.15, 0.2) is 0 Å². The van der Waals surface area contributed by atoms with Crippen LogP contribution < -0.4 is 0 Å². The van der Waals surface area contributed by atoms with Gasteiger partial charge in [0.25, 0.3) is 6.29 Å². The Morgan fingerprint density at radius 3 is 2.13 bits per heavy atom. The van der Waals surface area contributed by atoms with E-state index in [1.54, 1.807) is 0 Å². The molecule has 0 aliphatic heterocycles. The van der Waals surface area contributed by atoms with E-state index in [9.17, 15) is 0 Å². The average Bonchev–Trinajstić information content (AvgIpc) is 2.57. The van der Waals surface area contributed by atoms with Crippen molar-refractivity contribution in [2.75, 3.05) is 13.2 Å². The Labute approximate surface area is 141 Å². The van der Waals surface area contributed by atoms with Crippen LogP contribution >= 0.6 is 0 Å². The second-order valence-corrected chi connectivity index (χ2v) is 5.60. The number of aliphatic hydroxyl groups excluding tert-OH is 2. The second kappa shape index (κ2) is 18.9. The summed E-state index contributed by atoms with van der Waals surface area (Å²) in [5.41, 5.74) is 0. The van der Waals surface area contributed by atoms with E-state index in [2.05, 4.69) is 18.8 Å². The number of aliphatic hydroxyl groups is 2. The molecule has 0 aromatic rings. The lowest BCUT2D eigenvalue weighted by Crippen LogP contribution is -2.14. The minimum absolute atomic E-state index is 0.0805. The summed E-state index contributed by atoms with van der Waals surface area (Å²) in [6.45, 7) is 2.33. The number of ether oxygens (including phenoxy) is 2. The zero-order chi connectivity index (χ0) is 17.0. The van der Waals surface area contributed by atoms with Crippen molar-refractivity contribution in [3.05, 3.63) is 12.5 Å². The molecule has 2 N–H and O–H groups in total. The van der Waals surface area contributed by atoms with Gasteiger partial charge in [0, 0.05) is 6.42 Å². The Bertz CT molecular complexity index is 317. The molecule has 0 spiro atoms. The van der Waals surface area contributed by atoms with Gasteiger partial charge in [0.2, 0.25) is 0 Å². The normalized spacial score (nSPS) is 12.1. The van der Waals surface area contributed by atoms with Crippen LogP contribution in [0.1, 0.15) is 77.6 Å². The van der Waals surface area contributed by atoms with Gasteiger partial charge in [-0.15, -0.1) is 0 Å². The van der Waals surface area contributed by atoms with E-state index in [0.717, 1.165) is 25.4 Å². The highest BCUT2D eigenvalue weighted by molar-refractivity contribution is 5.02. The topological polar surface area (TPSA) is 58.9 Å². The van der Waals surface area contributed by atoms with E-state index in [0.29, 0.717) is 0 Å². The first-order valence-corrected chi connectivity index (χ1v) is 9.00. The van der Waals surface area contributed by atoms with Crippen LogP contribution in [-0.4, -0.2) is 29.7 Å². The molecule has 0 fully saturated rings. The SMILES string of the molecule is CCCCCCCCCCCCC#CC(OC=CO)OCCO. The smallest absolute Gasteiger partial charge is 0.264 e. The molecule has 0 amide bonds. The Morgan fingerprint density at radius 2 is 1.57 bits per heavy atom. The Balaban J connectivity index is 3.53. The third kappa shape index (κ3) is 17.0. The molecule has 0 bridgehead atoms. The predicted octanol–water partition coefficient (Wildman–Crippen LogP) is 4.68. The van der Waals surface area contributed by atoms with E-state index in [-0.39, 0.29) is 13.2 Å². The Morgan fingerprint density at radius 1 is 0.957 bits per heavy atom. The van der Waals surface area contributed by atoms with Crippen molar-refractivity contribution >= 4 is 0 Å². The second-order valence-electron chi connectivity index (χ2n) is 5.60. The summed E-state index contributed by atoms with van der Waals surface area (Å²) in [5, 5.41) is 17.3. The van der Waals surface area contributed by atoms with Gasteiger partial charge >= 0.3 is 0 Å². The van der Waals surface area contributed by atoms with Crippen LogP contribution in [0.15, 0.2) is 12.5 Å². The zero-order valence-electron chi connectivity index (χ0n) is 14.6. The quantitative estimate of drug-likeness (QED) is 0.198. The molecule has 23 heavy (non-hydrogen) atoms. The Kier molecular flexibility index (Phi) is 17.9. The van der Waals surface area contributed by atoms with Crippen LogP contribution in [0.5, 0.6) is 0 Å². The van der Waals surface area contributed by atoms with Crippen LogP contribution in [0.25, 0.3) is 0 Å². The minimum atomic E-state index is -0.728. The van der Waals surface area contributed by atoms with Gasteiger partial charge in [-0.3, -0.25) is 0 Å². The molecule has 0 aromatic heterocycles. The molecule has 0 radical (unpaired) electrons. The predicted molar refractivity (Wildman–Crippen MR) is 93.9 cm³/mol.